The molecule has 0 aliphatic carbocycles. The molecule has 0 spiro atoms. The number of benzene rings is 3. The highest BCUT2D eigenvalue weighted by atomic mass is 19.1. The molecule has 4 N–H and O–H groups in total. The number of hydrogen-bond acceptors (Lipinski definition) is 7. The summed E-state index contributed by atoms with van der Waals surface area (Å²) in [5.41, 5.74) is 6.33. The van der Waals surface area contributed by atoms with E-state index in [4.69, 9.17) is 19.6 Å². The summed E-state index contributed by atoms with van der Waals surface area (Å²) in [6, 6.07) is 17.1. The van der Waals surface area contributed by atoms with E-state index in [1.165, 1.54) is 30.3 Å². The van der Waals surface area contributed by atoms with Crippen LogP contribution in [0.25, 0.3) is 11.0 Å². The summed E-state index contributed by atoms with van der Waals surface area (Å²) < 4.78 is 32.7. The van der Waals surface area contributed by atoms with Crippen LogP contribution in [0.1, 0.15) is 46.5 Å². The first-order valence-corrected chi connectivity index (χ1v) is 13.2. The van der Waals surface area contributed by atoms with Crippen molar-refractivity contribution in [2.24, 2.45) is 11.7 Å². The van der Waals surface area contributed by atoms with E-state index in [1.54, 1.807) is 6.92 Å². The standard InChI is InChI=1S/C31H29FN2O7/c1-17(29(36)34-13-5-12-33)26(31-40-23-11-8-19(30(37)38)15-25(23)41-31)28-22(14-18-6-3-2-4-7-18)27(35)21-10-9-20(32)16-24(21)39-28/h2-4,6-11,15-17,26,31H,5,12-14,33H2,1H3,(H,34,36)(H,37,38). The molecule has 5 rings (SSSR count). The van der Waals surface area contributed by atoms with Crippen LogP contribution in [0.4, 0.5) is 4.39 Å². The lowest BCUT2D eigenvalue weighted by molar-refractivity contribution is -0.128. The SMILES string of the molecule is CC(C(=O)NCCCN)C(c1oc2cc(F)ccc2c(=O)c1Cc1ccccc1)C1Oc2ccc(C(=O)O)cc2O1. The molecule has 2 heterocycles. The molecule has 3 unspecified atom stereocenters. The van der Waals surface area contributed by atoms with Crippen molar-refractivity contribution in [1.29, 1.82) is 0 Å². The molecule has 9 nitrogen and oxygen atoms in total. The fourth-order valence-corrected chi connectivity index (χ4v) is 4.93. The molecular formula is C31H29FN2O7. The van der Waals surface area contributed by atoms with Crippen LogP contribution in [0.2, 0.25) is 0 Å². The Balaban J connectivity index is 1.66. The Morgan fingerprint density at radius 2 is 1.80 bits per heavy atom. The molecule has 10 heteroatoms. The third-order valence-corrected chi connectivity index (χ3v) is 7.11. The van der Waals surface area contributed by atoms with Gasteiger partial charge in [0.25, 0.3) is 6.29 Å². The fourth-order valence-electron chi connectivity index (χ4n) is 4.93. The zero-order valence-corrected chi connectivity index (χ0v) is 22.3. The van der Waals surface area contributed by atoms with E-state index in [1.807, 2.05) is 30.3 Å². The minimum atomic E-state index is -1.16. The number of carbonyl (C=O) groups is 2. The number of nitrogens with one attached hydrogen (secondary N) is 1. The number of carboxylic acids is 1. The average Bonchev–Trinajstić information content (AvgIpc) is 3.38. The lowest BCUT2D eigenvalue weighted by Gasteiger charge is -2.28. The van der Waals surface area contributed by atoms with Crippen molar-refractivity contribution in [2.75, 3.05) is 13.1 Å². The topological polar surface area (TPSA) is 141 Å². The zero-order valence-electron chi connectivity index (χ0n) is 22.3. The van der Waals surface area contributed by atoms with Gasteiger partial charge in [0, 0.05) is 24.6 Å². The van der Waals surface area contributed by atoms with Gasteiger partial charge in [0.2, 0.25) is 5.91 Å². The number of nitrogens with two attached hydrogens (primary N) is 1. The first-order chi connectivity index (χ1) is 19.8. The second kappa shape index (κ2) is 11.8. The predicted octanol–water partition coefficient (Wildman–Crippen LogP) is 4.20. The third kappa shape index (κ3) is 5.78. The van der Waals surface area contributed by atoms with Crippen LogP contribution in [-0.2, 0) is 11.2 Å². The lowest BCUT2D eigenvalue weighted by atomic mass is 9.85. The first-order valence-electron chi connectivity index (χ1n) is 13.2. The Bertz CT molecular complexity index is 1650. The number of aromatic carboxylic acids is 1. The molecule has 3 aromatic carbocycles. The van der Waals surface area contributed by atoms with Gasteiger partial charge >= 0.3 is 5.97 Å². The third-order valence-electron chi connectivity index (χ3n) is 7.11. The van der Waals surface area contributed by atoms with Gasteiger partial charge in [-0.1, -0.05) is 37.3 Å². The molecule has 41 heavy (non-hydrogen) atoms. The minimum absolute atomic E-state index is 0.00500. The smallest absolute Gasteiger partial charge is 0.335 e. The van der Waals surface area contributed by atoms with Crippen molar-refractivity contribution in [3.63, 3.8) is 0 Å². The number of halogens is 1. The zero-order chi connectivity index (χ0) is 29.1. The summed E-state index contributed by atoms with van der Waals surface area (Å²) in [5.74, 6) is -3.35. The highest BCUT2D eigenvalue weighted by Crippen LogP contribution is 2.43. The Morgan fingerprint density at radius 3 is 2.54 bits per heavy atom. The largest absolute Gasteiger partial charge is 0.478 e. The van der Waals surface area contributed by atoms with Crippen molar-refractivity contribution in [3.05, 3.63) is 105 Å². The van der Waals surface area contributed by atoms with Crippen molar-refractivity contribution < 1.29 is 33.0 Å². The van der Waals surface area contributed by atoms with E-state index in [2.05, 4.69) is 5.32 Å². The first kappa shape index (κ1) is 27.9. The van der Waals surface area contributed by atoms with Gasteiger partial charge in [-0.25, -0.2) is 9.18 Å². The highest BCUT2D eigenvalue weighted by Gasteiger charge is 2.43. The van der Waals surface area contributed by atoms with E-state index >= 15 is 0 Å². The minimum Gasteiger partial charge on any atom is -0.478 e. The van der Waals surface area contributed by atoms with Crippen LogP contribution in [0, 0.1) is 11.7 Å². The predicted molar refractivity (Wildman–Crippen MR) is 149 cm³/mol. The van der Waals surface area contributed by atoms with Gasteiger partial charge < -0.3 is 30.0 Å². The van der Waals surface area contributed by atoms with Crippen molar-refractivity contribution in [2.45, 2.75) is 32.0 Å². The maximum Gasteiger partial charge on any atom is 0.335 e. The Kier molecular flexibility index (Phi) is 8.02. The number of carboxylic acid groups (broad SMARTS) is 1. The fraction of sp³-hybridized carbons (Fsp3) is 0.258. The summed E-state index contributed by atoms with van der Waals surface area (Å²) in [6.07, 6.45) is -0.424. The molecule has 4 aromatic rings. The molecule has 0 saturated carbocycles. The van der Waals surface area contributed by atoms with Crippen LogP contribution in [0.15, 0.2) is 75.9 Å². The summed E-state index contributed by atoms with van der Waals surface area (Å²) in [7, 11) is 0. The maximum atomic E-state index is 14.3. The van der Waals surface area contributed by atoms with Gasteiger partial charge in [0.1, 0.15) is 23.1 Å². The molecule has 0 saturated heterocycles. The second-order valence-electron chi connectivity index (χ2n) is 9.90. The highest BCUT2D eigenvalue weighted by molar-refractivity contribution is 5.88. The molecule has 1 aromatic heterocycles. The summed E-state index contributed by atoms with van der Waals surface area (Å²) in [6.45, 7) is 2.38. The number of rotatable bonds is 10. The van der Waals surface area contributed by atoms with E-state index in [-0.39, 0.29) is 57.1 Å². The Labute approximate surface area is 234 Å². The number of fused-ring (bicyclic) bond motifs is 2. The van der Waals surface area contributed by atoms with E-state index in [0.717, 1.165) is 11.6 Å². The van der Waals surface area contributed by atoms with E-state index in [9.17, 15) is 23.9 Å². The average molecular weight is 561 g/mol. The summed E-state index contributed by atoms with van der Waals surface area (Å²) in [4.78, 5) is 38.8. The van der Waals surface area contributed by atoms with Crippen LogP contribution >= 0.6 is 0 Å². The summed E-state index contributed by atoms with van der Waals surface area (Å²) >= 11 is 0. The summed E-state index contributed by atoms with van der Waals surface area (Å²) in [5, 5.41) is 12.5. The second-order valence-corrected chi connectivity index (χ2v) is 9.90. The van der Waals surface area contributed by atoms with Crippen LogP contribution in [0.3, 0.4) is 0 Å². The van der Waals surface area contributed by atoms with E-state index in [0.29, 0.717) is 19.5 Å². The Hall–Kier alpha value is -4.70. The van der Waals surface area contributed by atoms with Crippen LogP contribution in [-0.4, -0.2) is 36.4 Å². The molecular weight excluding hydrogens is 531 g/mol. The van der Waals surface area contributed by atoms with Gasteiger partial charge in [-0.05, 0) is 48.9 Å². The quantitative estimate of drug-likeness (QED) is 0.245. The monoisotopic (exact) mass is 560 g/mol. The molecule has 1 aliphatic rings. The number of hydrogen-bond donors (Lipinski definition) is 3. The maximum absolute atomic E-state index is 14.3. The van der Waals surface area contributed by atoms with Gasteiger partial charge in [0.05, 0.1) is 16.9 Å². The molecule has 0 radical (unpaired) electrons. The number of amides is 1. The van der Waals surface area contributed by atoms with Gasteiger partial charge in [-0.2, -0.15) is 0 Å². The van der Waals surface area contributed by atoms with Crippen molar-refractivity contribution >= 4 is 22.8 Å². The van der Waals surface area contributed by atoms with E-state index < -0.39 is 29.9 Å². The van der Waals surface area contributed by atoms with Crippen LogP contribution in [0.5, 0.6) is 11.5 Å². The lowest BCUT2D eigenvalue weighted by Crippen LogP contribution is -2.41. The van der Waals surface area contributed by atoms with Crippen molar-refractivity contribution in [3.8, 4) is 11.5 Å². The molecule has 0 bridgehead atoms. The van der Waals surface area contributed by atoms with Crippen LogP contribution < -0.4 is 26.0 Å². The van der Waals surface area contributed by atoms with Gasteiger partial charge in [-0.3, -0.25) is 9.59 Å². The molecule has 212 valence electrons. The molecule has 3 atom stereocenters. The number of ether oxygens (including phenoxy) is 2. The molecule has 0 fully saturated rings. The normalized spacial score (nSPS) is 15.4. The van der Waals surface area contributed by atoms with Gasteiger partial charge in [0.15, 0.2) is 16.9 Å². The number of carbonyl (C=O) groups excluding carboxylic acids is 1. The van der Waals surface area contributed by atoms with Gasteiger partial charge in [-0.15, -0.1) is 0 Å². The molecule has 1 amide bonds. The Morgan fingerprint density at radius 1 is 1.05 bits per heavy atom. The van der Waals surface area contributed by atoms with Crippen molar-refractivity contribution in [1.82, 2.24) is 5.32 Å². The molecule has 1 aliphatic heterocycles.